The lowest BCUT2D eigenvalue weighted by molar-refractivity contribution is -0.101. The number of aromatic nitrogens is 1. The number of piperidine rings is 1. The second kappa shape index (κ2) is 7.68. The van der Waals surface area contributed by atoms with Crippen LogP contribution < -0.4 is 10.7 Å². The van der Waals surface area contributed by atoms with Gasteiger partial charge < -0.3 is 9.67 Å². The molecule has 172 valence electrons. The van der Waals surface area contributed by atoms with Crippen molar-refractivity contribution in [2.75, 3.05) is 0 Å². The molecule has 1 aliphatic carbocycles. The number of hydrogen-bond acceptors (Lipinski definition) is 4. The van der Waals surface area contributed by atoms with Crippen molar-refractivity contribution in [2.45, 2.75) is 108 Å². The van der Waals surface area contributed by atoms with E-state index in [1.165, 1.54) is 32.1 Å². The molecule has 1 aromatic carbocycles. The van der Waals surface area contributed by atoms with E-state index in [2.05, 4.69) is 34.7 Å². The Balaban J connectivity index is 1.28. The zero-order valence-corrected chi connectivity index (χ0v) is 19.5. The summed E-state index contributed by atoms with van der Waals surface area (Å²) >= 11 is 0. The Morgan fingerprint density at radius 2 is 1.81 bits per heavy atom. The van der Waals surface area contributed by atoms with E-state index in [0.717, 1.165) is 42.5 Å². The zero-order valence-electron chi connectivity index (χ0n) is 19.5. The Hall–Kier alpha value is -1.69. The van der Waals surface area contributed by atoms with Gasteiger partial charge in [-0.15, -0.1) is 0 Å². The average Bonchev–Trinajstić information content (AvgIpc) is 3.01. The van der Waals surface area contributed by atoms with Crippen LogP contribution in [0, 0.1) is 5.92 Å². The molecule has 1 saturated carbocycles. The van der Waals surface area contributed by atoms with Gasteiger partial charge in [0.1, 0.15) is 6.23 Å². The Bertz CT molecular complexity index is 1070. The molecular formula is C27H37N3O2. The van der Waals surface area contributed by atoms with Crippen molar-refractivity contribution in [3.8, 4) is 0 Å². The van der Waals surface area contributed by atoms with E-state index in [-0.39, 0.29) is 11.5 Å². The van der Waals surface area contributed by atoms with E-state index in [9.17, 15) is 9.90 Å². The fourth-order valence-electron chi connectivity index (χ4n) is 7.72. The van der Waals surface area contributed by atoms with Crippen molar-refractivity contribution in [1.82, 2.24) is 14.8 Å². The van der Waals surface area contributed by atoms with Gasteiger partial charge in [0.2, 0.25) is 0 Å². The fraction of sp³-hybridized carbons (Fsp3) is 0.667. The number of aliphatic hydroxyl groups is 1. The summed E-state index contributed by atoms with van der Waals surface area (Å²) in [6.45, 7) is 4.83. The van der Waals surface area contributed by atoms with E-state index < -0.39 is 6.23 Å². The number of aliphatic hydroxyl groups excluding tert-OH is 1. The van der Waals surface area contributed by atoms with Crippen molar-refractivity contribution >= 4 is 10.9 Å². The molecule has 0 radical (unpaired) electrons. The van der Waals surface area contributed by atoms with Crippen LogP contribution in [0.2, 0.25) is 0 Å². The Labute approximate surface area is 190 Å². The molecule has 0 bridgehead atoms. The number of rotatable bonds is 4. The number of hydrogen-bond donors (Lipinski definition) is 2. The molecule has 2 aromatic rings. The van der Waals surface area contributed by atoms with Crippen LogP contribution in [0.4, 0.5) is 0 Å². The van der Waals surface area contributed by atoms with Crippen molar-refractivity contribution in [3.05, 3.63) is 46.2 Å². The van der Waals surface area contributed by atoms with E-state index in [1.807, 2.05) is 24.4 Å². The van der Waals surface area contributed by atoms with Crippen LogP contribution in [0.1, 0.15) is 89.5 Å². The highest BCUT2D eigenvalue weighted by Crippen LogP contribution is 2.55. The number of para-hydroxylation sites is 1. The molecule has 2 N–H and O–H groups in total. The monoisotopic (exact) mass is 435 g/mol. The molecule has 4 heterocycles. The van der Waals surface area contributed by atoms with E-state index in [4.69, 9.17) is 0 Å². The van der Waals surface area contributed by atoms with Crippen molar-refractivity contribution in [3.63, 3.8) is 0 Å². The van der Waals surface area contributed by atoms with Crippen LogP contribution in [-0.4, -0.2) is 38.2 Å². The van der Waals surface area contributed by atoms with Gasteiger partial charge in [0.05, 0.1) is 11.1 Å². The molecule has 0 spiro atoms. The average molecular weight is 436 g/mol. The normalized spacial score (nSPS) is 36.1. The minimum absolute atomic E-state index is 0.0317. The number of pyridine rings is 1. The molecule has 3 aliphatic heterocycles. The van der Waals surface area contributed by atoms with Gasteiger partial charge in [-0.05, 0) is 63.5 Å². The summed E-state index contributed by atoms with van der Waals surface area (Å²) in [4.78, 5) is 16.1. The van der Waals surface area contributed by atoms with Crippen LogP contribution in [0.15, 0.2) is 35.3 Å². The van der Waals surface area contributed by atoms with Gasteiger partial charge in [-0.1, -0.05) is 38.3 Å². The summed E-state index contributed by atoms with van der Waals surface area (Å²) in [5, 5.41) is 15.4. The number of nitrogens with zero attached hydrogens (tertiary/aromatic N) is 2. The van der Waals surface area contributed by atoms with Gasteiger partial charge in [0, 0.05) is 41.3 Å². The standard InChI is InChI=1S/C27H37N3O2/c1-17-12-20-13-18(14-21-15-27(17,2)30(20)21)28-26(32)23-16-29(19-8-4-3-5-9-19)24-11-7-6-10-22(24)25(23)31/h6-7,10-11,16-21,26,28,32H,3-5,8-9,12-15H2,1-2H3. The van der Waals surface area contributed by atoms with Crippen molar-refractivity contribution < 1.29 is 5.11 Å². The van der Waals surface area contributed by atoms with Crippen LogP contribution in [0.25, 0.3) is 10.9 Å². The summed E-state index contributed by atoms with van der Waals surface area (Å²) in [6, 6.07) is 9.84. The molecule has 1 aromatic heterocycles. The summed E-state index contributed by atoms with van der Waals surface area (Å²) in [7, 11) is 0. The Morgan fingerprint density at radius 1 is 1.06 bits per heavy atom. The lowest BCUT2D eigenvalue weighted by atomic mass is 9.72. The van der Waals surface area contributed by atoms with Gasteiger partial charge >= 0.3 is 0 Å². The highest BCUT2D eigenvalue weighted by atomic mass is 16.3. The SMILES string of the molecule is CC1CC2CC(NC(O)c3cn(C4CCCCC4)c4ccccc4c3=O)CC3CC1(C)N23. The summed E-state index contributed by atoms with van der Waals surface area (Å²) in [6.07, 6.45) is 11.8. The third kappa shape index (κ3) is 3.12. The topological polar surface area (TPSA) is 57.5 Å². The van der Waals surface area contributed by atoms with Gasteiger partial charge in [-0.3, -0.25) is 15.0 Å². The fourth-order valence-corrected chi connectivity index (χ4v) is 7.72. The molecule has 6 rings (SSSR count). The van der Waals surface area contributed by atoms with Crippen LogP contribution in [-0.2, 0) is 0 Å². The highest BCUT2D eigenvalue weighted by molar-refractivity contribution is 5.79. The summed E-state index contributed by atoms with van der Waals surface area (Å²) in [5.74, 6) is 0.746. The van der Waals surface area contributed by atoms with Gasteiger partial charge in [0.25, 0.3) is 0 Å². The maximum absolute atomic E-state index is 13.4. The number of fused-ring (bicyclic) bond motifs is 1. The number of benzene rings is 1. The molecule has 0 amide bonds. The molecule has 5 heteroatoms. The summed E-state index contributed by atoms with van der Waals surface area (Å²) in [5.41, 5.74) is 1.87. The molecule has 32 heavy (non-hydrogen) atoms. The molecular weight excluding hydrogens is 398 g/mol. The molecule has 6 unspecified atom stereocenters. The summed E-state index contributed by atoms with van der Waals surface area (Å²) < 4.78 is 2.29. The van der Waals surface area contributed by atoms with E-state index >= 15 is 0 Å². The van der Waals surface area contributed by atoms with Crippen LogP contribution in [0.3, 0.4) is 0 Å². The minimum Gasteiger partial charge on any atom is -0.374 e. The van der Waals surface area contributed by atoms with Crippen LogP contribution >= 0.6 is 0 Å². The van der Waals surface area contributed by atoms with E-state index in [1.54, 1.807) is 0 Å². The van der Waals surface area contributed by atoms with Gasteiger partial charge in [-0.2, -0.15) is 0 Å². The molecule has 6 atom stereocenters. The first-order valence-electron chi connectivity index (χ1n) is 12.8. The minimum atomic E-state index is -0.913. The van der Waals surface area contributed by atoms with Crippen molar-refractivity contribution in [1.29, 1.82) is 0 Å². The van der Waals surface area contributed by atoms with Crippen molar-refractivity contribution in [2.24, 2.45) is 5.92 Å². The van der Waals surface area contributed by atoms with E-state index in [0.29, 0.717) is 29.2 Å². The maximum atomic E-state index is 13.4. The quantitative estimate of drug-likeness (QED) is 0.695. The predicted molar refractivity (Wildman–Crippen MR) is 128 cm³/mol. The maximum Gasteiger partial charge on any atom is 0.196 e. The Kier molecular flexibility index (Phi) is 5.01. The lowest BCUT2D eigenvalue weighted by Crippen LogP contribution is -2.68. The number of nitrogens with one attached hydrogen (secondary N) is 1. The largest absolute Gasteiger partial charge is 0.374 e. The molecule has 4 aliphatic rings. The lowest BCUT2D eigenvalue weighted by Gasteiger charge is -2.60. The third-order valence-corrected chi connectivity index (χ3v) is 9.45. The smallest absolute Gasteiger partial charge is 0.196 e. The first-order valence-corrected chi connectivity index (χ1v) is 12.8. The second-order valence-corrected chi connectivity index (χ2v) is 11.3. The van der Waals surface area contributed by atoms with Gasteiger partial charge in [0.15, 0.2) is 5.43 Å². The van der Waals surface area contributed by atoms with Gasteiger partial charge in [-0.25, -0.2) is 0 Å². The highest BCUT2D eigenvalue weighted by Gasteiger charge is 2.61. The second-order valence-electron chi connectivity index (χ2n) is 11.3. The zero-order chi connectivity index (χ0) is 22.0. The first-order chi connectivity index (χ1) is 15.5. The molecule has 4 fully saturated rings. The molecule has 5 nitrogen and oxygen atoms in total. The molecule has 3 saturated heterocycles. The third-order valence-electron chi connectivity index (χ3n) is 9.45. The Morgan fingerprint density at radius 3 is 2.62 bits per heavy atom. The first kappa shape index (κ1) is 20.9. The van der Waals surface area contributed by atoms with Crippen LogP contribution in [0.5, 0.6) is 0 Å². The predicted octanol–water partition coefficient (Wildman–Crippen LogP) is 4.49.